The van der Waals surface area contributed by atoms with Crippen LogP contribution in [0.25, 0.3) is 33.4 Å². The second-order valence-corrected chi connectivity index (χ2v) is 7.59. The van der Waals surface area contributed by atoms with E-state index < -0.39 is 0 Å². The van der Waals surface area contributed by atoms with Crippen LogP contribution in [0.2, 0.25) is 0 Å². The maximum Gasteiger partial charge on any atom is 0.253 e. The number of nitrogens with zero attached hydrogens (tertiary/aromatic N) is 2. The third-order valence-electron chi connectivity index (χ3n) is 5.51. The number of hydrogen-bond donors (Lipinski definition) is 2. The monoisotopic (exact) mass is 382 g/mol. The summed E-state index contributed by atoms with van der Waals surface area (Å²) in [7, 11) is 0. The van der Waals surface area contributed by atoms with E-state index in [1.807, 2.05) is 53.6 Å². The van der Waals surface area contributed by atoms with Crippen molar-refractivity contribution in [1.82, 2.24) is 14.9 Å². The Kier molecular flexibility index (Phi) is 4.37. The molecular weight excluding hydrogens is 360 g/mol. The first kappa shape index (κ1) is 17.6. The highest BCUT2D eigenvalue weighted by Crippen LogP contribution is 2.28. The molecule has 4 aromatic rings. The van der Waals surface area contributed by atoms with Crippen molar-refractivity contribution in [3.05, 3.63) is 78.5 Å². The Morgan fingerprint density at radius 3 is 2.62 bits per heavy atom. The van der Waals surface area contributed by atoms with Crippen LogP contribution in [0.1, 0.15) is 16.8 Å². The lowest BCUT2D eigenvalue weighted by atomic mass is 10.0. The summed E-state index contributed by atoms with van der Waals surface area (Å²) >= 11 is 0. The first-order chi connectivity index (χ1) is 14.2. The third-order valence-corrected chi connectivity index (χ3v) is 5.51. The number of carbonyl (C=O) groups excluding carboxylic acids is 1. The number of pyridine rings is 1. The average Bonchev–Trinajstić information content (AvgIpc) is 3.39. The highest BCUT2D eigenvalue weighted by molar-refractivity contribution is 5.96. The highest BCUT2D eigenvalue weighted by Gasteiger charge is 2.24. The molecule has 0 spiro atoms. The predicted octanol–water partition coefficient (Wildman–Crippen LogP) is 4.07. The summed E-state index contributed by atoms with van der Waals surface area (Å²) in [4.78, 5) is 22.6. The van der Waals surface area contributed by atoms with Crippen LogP contribution >= 0.6 is 0 Å². The van der Waals surface area contributed by atoms with Crippen molar-refractivity contribution in [1.29, 1.82) is 0 Å². The Hall–Kier alpha value is -3.44. The van der Waals surface area contributed by atoms with Crippen LogP contribution in [-0.4, -0.2) is 39.9 Å². The van der Waals surface area contributed by atoms with Crippen molar-refractivity contribution < 1.29 is 4.79 Å². The minimum Gasteiger partial charge on any atom is -0.339 e. The highest BCUT2D eigenvalue weighted by atomic mass is 16.2. The normalized spacial score (nSPS) is 16.4. The molecule has 5 nitrogen and oxygen atoms in total. The molecule has 1 amide bonds. The van der Waals surface area contributed by atoms with E-state index in [2.05, 4.69) is 34.2 Å². The number of aromatic nitrogens is 2. The van der Waals surface area contributed by atoms with Gasteiger partial charge in [-0.15, -0.1) is 0 Å². The minimum absolute atomic E-state index is 0.0434. The quantitative estimate of drug-likeness (QED) is 0.561. The van der Waals surface area contributed by atoms with Crippen molar-refractivity contribution in [3.8, 4) is 22.4 Å². The maximum atomic E-state index is 12.8. The number of fused-ring (bicyclic) bond motifs is 1. The van der Waals surface area contributed by atoms with Gasteiger partial charge in [-0.1, -0.05) is 42.5 Å². The van der Waals surface area contributed by atoms with Crippen molar-refractivity contribution >= 4 is 16.9 Å². The van der Waals surface area contributed by atoms with E-state index in [9.17, 15) is 4.79 Å². The molecule has 0 radical (unpaired) electrons. The second kappa shape index (κ2) is 7.18. The van der Waals surface area contributed by atoms with E-state index in [1.54, 1.807) is 0 Å². The molecule has 29 heavy (non-hydrogen) atoms. The van der Waals surface area contributed by atoms with Gasteiger partial charge in [0.05, 0.1) is 0 Å². The van der Waals surface area contributed by atoms with Gasteiger partial charge >= 0.3 is 0 Å². The van der Waals surface area contributed by atoms with Crippen molar-refractivity contribution in [2.24, 2.45) is 5.73 Å². The molecule has 5 heteroatoms. The fourth-order valence-corrected chi connectivity index (χ4v) is 3.93. The zero-order chi connectivity index (χ0) is 19.8. The molecule has 0 bridgehead atoms. The fourth-order valence-electron chi connectivity index (χ4n) is 3.93. The van der Waals surface area contributed by atoms with Gasteiger partial charge < -0.3 is 15.6 Å². The minimum atomic E-state index is 0.0434. The topological polar surface area (TPSA) is 75.0 Å². The smallest absolute Gasteiger partial charge is 0.253 e. The van der Waals surface area contributed by atoms with Crippen molar-refractivity contribution in [3.63, 3.8) is 0 Å². The van der Waals surface area contributed by atoms with Gasteiger partial charge in [-0.25, -0.2) is 4.98 Å². The Bertz CT molecular complexity index is 1180. The summed E-state index contributed by atoms with van der Waals surface area (Å²) < 4.78 is 0. The average molecular weight is 382 g/mol. The van der Waals surface area contributed by atoms with Gasteiger partial charge in [-0.3, -0.25) is 4.79 Å². The molecule has 1 aliphatic heterocycles. The molecule has 1 fully saturated rings. The van der Waals surface area contributed by atoms with Crippen LogP contribution in [0, 0.1) is 0 Å². The van der Waals surface area contributed by atoms with E-state index in [-0.39, 0.29) is 11.9 Å². The first-order valence-electron chi connectivity index (χ1n) is 9.87. The van der Waals surface area contributed by atoms with Crippen LogP contribution in [0.3, 0.4) is 0 Å². The summed E-state index contributed by atoms with van der Waals surface area (Å²) in [5.41, 5.74) is 11.6. The number of carbonyl (C=O) groups is 1. The molecule has 5 rings (SSSR count). The van der Waals surface area contributed by atoms with E-state index >= 15 is 0 Å². The second-order valence-electron chi connectivity index (χ2n) is 7.59. The van der Waals surface area contributed by atoms with Crippen LogP contribution in [0.15, 0.2) is 72.9 Å². The number of nitrogens with two attached hydrogens (primary N) is 1. The number of benzene rings is 2. The number of rotatable bonds is 3. The zero-order valence-corrected chi connectivity index (χ0v) is 16.0. The predicted molar refractivity (Wildman–Crippen MR) is 115 cm³/mol. The van der Waals surface area contributed by atoms with Gasteiger partial charge in [0, 0.05) is 47.5 Å². The van der Waals surface area contributed by atoms with Crippen molar-refractivity contribution in [2.45, 2.75) is 12.5 Å². The maximum absolute atomic E-state index is 12.8. The van der Waals surface area contributed by atoms with E-state index in [1.165, 1.54) is 0 Å². The summed E-state index contributed by atoms with van der Waals surface area (Å²) in [6.45, 7) is 1.35. The number of nitrogens with one attached hydrogen (secondary N) is 1. The molecule has 3 heterocycles. The molecule has 3 N–H and O–H groups in total. The number of amides is 1. The molecule has 144 valence electrons. The van der Waals surface area contributed by atoms with Gasteiger partial charge in [0.2, 0.25) is 0 Å². The van der Waals surface area contributed by atoms with Gasteiger partial charge in [-0.05, 0) is 41.8 Å². The van der Waals surface area contributed by atoms with E-state index in [0.29, 0.717) is 12.1 Å². The molecule has 0 unspecified atom stereocenters. The lowest BCUT2D eigenvalue weighted by Gasteiger charge is -2.16. The number of hydrogen-bond acceptors (Lipinski definition) is 3. The largest absolute Gasteiger partial charge is 0.339 e. The fraction of sp³-hybridized carbons (Fsp3) is 0.167. The molecule has 0 saturated carbocycles. The van der Waals surface area contributed by atoms with Crippen LogP contribution < -0.4 is 5.73 Å². The van der Waals surface area contributed by atoms with Gasteiger partial charge in [-0.2, -0.15) is 0 Å². The Balaban J connectivity index is 1.47. The Morgan fingerprint density at radius 1 is 1.00 bits per heavy atom. The number of likely N-dealkylation sites (tertiary alicyclic amines) is 1. The molecule has 0 aliphatic carbocycles. The standard InChI is InChI=1S/C24H22N4O/c25-21-9-10-28(15-21)24(29)18-8-4-7-17(11-18)20-12-19-13-22(27-23(19)26-14-20)16-5-2-1-3-6-16/h1-8,11-14,21H,9-10,15,25H2,(H,26,27)/t21-/m0/s1. The lowest BCUT2D eigenvalue weighted by molar-refractivity contribution is 0.0791. The Labute approximate surface area is 169 Å². The zero-order valence-electron chi connectivity index (χ0n) is 16.0. The summed E-state index contributed by atoms with van der Waals surface area (Å²) in [6.07, 6.45) is 2.71. The van der Waals surface area contributed by atoms with E-state index in [0.717, 1.165) is 46.4 Å². The molecule has 1 saturated heterocycles. The molecule has 1 aliphatic rings. The van der Waals surface area contributed by atoms with Crippen LogP contribution in [0.5, 0.6) is 0 Å². The van der Waals surface area contributed by atoms with Gasteiger partial charge in [0.25, 0.3) is 5.91 Å². The number of aromatic amines is 1. The summed E-state index contributed by atoms with van der Waals surface area (Å²) in [5, 5.41) is 1.04. The van der Waals surface area contributed by atoms with E-state index in [4.69, 9.17) is 5.73 Å². The lowest BCUT2D eigenvalue weighted by Crippen LogP contribution is -2.31. The summed E-state index contributed by atoms with van der Waals surface area (Å²) in [6, 6.07) is 22.3. The summed E-state index contributed by atoms with van der Waals surface area (Å²) in [5.74, 6) is 0.0434. The number of H-pyrrole nitrogens is 1. The van der Waals surface area contributed by atoms with Crippen molar-refractivity contribution in [2.75, 3.05) is 13.1 Å². The van der Waals surface area contributed by atoms with Crippen LogP contribution in [0.4, 0.5) is 0 Å². The van der Waals surface area contributed by atoms with Gasteiger partial charge in [0.15, 0.2) is 0 Å². The third kappa shape index (κ3) is 3.41. The SMILES string of the molecule is N[C@H]1CCN(C(=O)c2cccc(-c3cnc4[nH]c(-c5ccccc5)cc4c3)c2)C1. The first-order valence-corrected chi connectivity index (χ1v) is 9.87. The molecule has 1 atom stereocenters. The molecule has 2 aromatic heterocycles. The van der Waals surface area contributed by atoms with Crippen LogP contribution in [-0.2, 0) is 0 Å². The molecule has 2 aromatic carbocycles. The Morgan fingerprint density at radius 2 is 1.83 bits per heavy atom. The molecular formula is C24H22N4O. The van der Waals surface area contributed by atoms with Gasteiger partial charge in [0.1, 0.15) is 5.65 Å².